The number of carbonyl (C=O) groups is 1. The molecule has 0 aromatic carbocycles. The Labute approximate surface area is 120 Å². The molecular weight excluding hydrogens is 260 g/mol. The topological polar surface area (TPSA) is 35.5 Å². The highest BCUT2D eigenvalue weighted by Gasteiger charge is 2.48. The van der Waals surface area contributed by atoms with Gasteiger partial charge < -0.3 is 9.47 Å². The third-order valence-electron chi connectivity index (χ3n) is 4.64. The maximum atomic E-state index is 12.3. The number of rotatable bonds is 3. The number of thioether (sulfide) groups is 1. The minimum absolute atomic E-state index is 0.0669. The van der Waals surface area contributed by atoms with E-state index in [2.05, 4.69) is 20.8 Å². The minimum Gasteiger partial charge on any atom is -0.374 e. The van der Waals surface area contributed by atoms with E-state index in [-0.39, 0.29) is 28.2 Å². The largest absolute Gasteiger partial charge is 0.374 e. The van der Waals surface area contributed by atoms with Crippen LogP contribution in [0.2, 0.25) is 0 Å². The highest BCUT2D eigenvalue weighted by atomic mass is 32.2. The van der Waals surface area contributed by atoms with Crippen molar-refractivity contribution in [2.24, 2.45) is 11.8 Å². The van der Waals surface area contributed by atoms with Gasteiger partial charge in [-0.15, -0.1) is 11.8 Å². The van der Waals surface area contributed by atoms with Crippen LogP contribution in [0.1, 0.15) is 47.0 Å². The van der Waals surface area contributed by atoms with Gasteiger partial charge in [-0.1, -0.05) is 27.2 Å². The quantitative estimate of drug-likeness (QED) is 0.798. The second-order valence-electron chi connectivity index (χ2n) is 6.53. The first-order valence-electron chi connectivity index (χ1n) is 7.25. The Kier molecular flexibility index (Phi) is 4.63. The molecule has 0 aromatic rings. The maximum Gasteiger partial charge on any atom is 0.200 e. The highest BCUT2D eigenvalue weighted by Crippen LogP contribution is 2.50. The second kappa shape index (κ2) is 5.74. The molecule has 5 atom stereocenters. The van der Waals surface area contributed by atoms with Crippen LogP contribution in [0.5, 0.6) is 0 Å². The van der Waals surface area contributed by atoms with Gasteiger partial charge in [0.25, 0.3) is 0 Å². The van der Waals surface area contributed by atoms with E-state index in [1.807, 2.05) is 0 Å². The molecule has 2 rings (SSSR count). The van der Waals surface area contributed by atoms with Crippen molar-refractivity contribution in [1.29, 1.82) is 0 Å². The lowest BCUT2D eigenvalue weighted by Crippen LogP contribution is -2.51. The van der Waals surface area contributed by atoms with Crippen LogP contribution in [0, 0.1) is 11.8 Å². The third kappa shape index (κ3) is 3.17. The molecule has 0 spiro atoms. The van der Waals surface area contributed by atoms with E-state index in [0.717, 1.165) is 6.42 Å². The lowest BCUT2D eigenvalue weighted by Gasteiger charge is -2.49. The lowest BCUT2D eigenvalue weighted by molar-refractivity contribution is -0.142. The number of hydrogen-bond acceptors (Lipinski definition) is 4. The van der Waals surface area contributed by atoms with Crippen molar-refractivity contribution >= 4 is 17.5 Å². The predicted octanol–water partition coefficient (Wildman–Crippen LogP) is 3.26. The molecule has 1 heterocycles. The van der Waals surface area contributed by atoms with Crippen LogP contribution in [-0.2, 0) is 14.3 Å². The summed E-state index contributed by atoms with van der Waals surface area (Å²) in [6, 6.07) is 0. The lowest BCUT2D eigenvalue weighted by atomic mass is 9.75. The van der Waals surface area contributed by atoms with E-state index < -0.39 is 0 Å². The zero-order chi connectivity index (χ0) is 14.2. The Bertz CT molecular complexity index is 342. The van der Waals surface area contributed by atoms with Crippen molar-refractivity contribution in [3.8, 4) is 0 Å². The fourth-order valence-electron chi connectivity index (χ4n) is 3.26. The Morgan fingerprint density at radius 3 is 2.74 bits per heavy atom. The van der Waals surface area contributed by atoms with Gasteiger partial charge in [0.05, 0.1) is 6.10 Å². The van der Waals surface area contributed by atoms with Crippen LogP contribution in [0.15, 0.2) is 0 Å². The summed E-state index contributed by atoms with van der Waals surface area (Å²) in [6.45, 7) is 8.59. The van der Waals surface area contributed by atoms with E-state index in [9.17, 15) is 4.79 Å². The molecule has 1 unspecified atom stereocenters. The summed E-state index contributed by atoms with van der Waals surface area (Å²) in [4.78, 5) is 12.3. The van der Waals surface area contributed by atoms with Gasteiger partial charge in [0.15, 0.2) is 11.2 Å². The first-order valence-corrected chi connectivity index (χ1v) is 8.13. The maximum absolute atomic E-state index is 12.3. The molecule has 0 radical (unpaired) electrons. The summed E-state index contributed by atoms with van der Waals surface area (Å²) in [5.74, 6) is 1.34. The van der Waals surface area contributed by atoms with Gasteiger partial charge in [0, 0.05) is 11.9 Å². The van der Waals surface area contributed by atoms with Gasteiger partial charge in [0.2, 0.25) is 0 Å². The van der Waals surface area contributed by atoms with Crippen LogP contribution in [0.3, 0.4) is 0 Å². The molecule has 2 fully saturated rings. The molecule has 0 amide bonds. The first kappa shape index (κ1) is 15.3. The molecule has 19 heavy (non-hydrogen) atoms. The molecule has 4 heteroatoms. The number of ether oxygens (including phenoxy) is 2. The second-order valence-corrected chi connectivity index (χ2v) is 8.25. The van der Waals surface area contributed by atoms with E-state index in [0.29, 0.717) is 11.8 Å². The summed E-state index contributed by atoms with van der Waals surface area (Å²) in [5.41, 5.74) is -0.364. The van der Waals surface area contributed by atoms with Crippen LogP contribution in [-0.4, -0.2) is 35.3 Å². The van der Waals surface area contributed by atoms with Crippen molar-refractivity contribution in [1.82, 2.24) is 0 Å². The number of carbonyl (C=O) groups excluding carboxylic acids is 1. The SMILES string of the molecule is COC(C)C(=O)[C@@H]1O[C@@H]2C[C@H](C)CC[C@H]2C(C)(C)S1. The number of hydrogen-bond donors (Lipinski definition) is 0. The van der Waals surface area contributed by atoms with Crippen molar-refractivity contribution in [3.05, 3.63) is 0 Å². The molecule has 3 nitrogen and oxygen atoms in total. The van der Waals surface area contributed by atoms with E-state index >= 15 is 0 Å². The average Bonchev–Trinajstić information content (AvgIpc) is 2.35. The Morgan fingerprint density at radius 1 is 1.42 bits per heavy atom. The molecule has 0 bridgehead atoms. The zero-order valence-electron chi connectivity index (χ0n) is 12.6. The summed E-state index contributed by atoms with van der Waals surface area (Å²) in [7, 11) is 1.58. The van der Waals surface area contributed by atoms with Gasteiger partial charge >= 0.3 is 0 Å². The Morgan fingerprint density at radius 2 is 2.11 bits per heavy atom. The number of ketones is 1. The molecule has 0 aromatic heterocycles. The van der Waals surface area contributed by atoms with Gasteiger partial charge in [-0.3, -0.25) is 4.79 Å². The summed E-state index contributed by atoms with van der Waals surface area (Å²) in [6.07, 6.45) is 3.43. The summed E-state index contributed by atoms with van der Waals surface area (Å²) >= 11 is 1.68. The van der Waals surface area contributed by atoms with Crippen LogP contribution >= 0.6 is 11.8 Å². The zero-order valence-corrected chi connectivity index (χ0v) is 13.5. The fraction of sp³-hybridized carbons (Fsp3) is 0.933. The van der Waals surface area contributed by atoms with Crippen molar-refractivity contribution in [2.75, 3.05) is 7.11 Å². The standard InChI is InChI=1S/C15H26O3S/c1-9-6-7-11-12(8-9)18-14(19-15(11,3)4)13(16)10(2)17-5/h9-12,14H,6-8H2,1-5H3/t9-,10?,11-,12-,14-/m1/s1. The van der Waals surface area contributed by atoms with Crippen LogP contribution in [0.25, 0.3) is 0 Å². The molecule has 1 saturated heterocycles. The molecular formula is C15H26O3S. The number of methoxy groups -OCH3 is 1. The van der Waals surface area contributed by atoms with Crippen molar-refractivity contribution < 1.29 is 14.3 Å². The fourth-order valence-corrected chi connectivity index (χ4v) is 4.76. The summed E-state index contributed by atoms with van der Waals surface area (Å²) in [5, 5.41) is 0. The van der Waals surface area contributed by atoms with E-state index in [1.165, 1.54) is 12.8 Å². The molecule has 1 saturated carbocycles. The third-order valence-corrected chi connectivity index (χ3v) is 6.11. The molecule has 2 aliphatic rings. The van der Waals surface area contributed by atoms with Gasteiger partial charge in [-0.25, -0.2) is 0 Å². The van der Waals surface area contributed by atoms with Crippen LogP contribution < -0.4 is 0 Å². The highest BCUT2D eigenvalue weighted by molar-refractivity contribution is 8.01. The monoisotopic (exact) mass is 286 g/mol. The molecule has 0 N–H and O–H groups in total. The first-order chi connectivity index (χ1) is 8.85. The normalized spacial score (nSPS) is 39.4. The van der Waals surface area contributed by atoms with E-state index in [1.54, 1.807) is 25.8 Å². The molecule has 1 aliphatic heterocycles. The average molecular weight is 286 g/mol. The number of fused-ring (bicyclic) bond motifs is 1. The van der Waals surface area contributed by atoms with E-state index in [4.69, 9.17) is 9.47 Å². The van der Waals surface area contributed by atoms with Crippen LogP contribution in [0.4, 0.5) is 0 Å². The Hall–Kier alpha value is -0.0600. The Balaban J connectivity index is 2.12. The van der Waals surface area contributed by atoms with Gasteiger partial charge in [-0.2, -0.15) is 0 Å². The number of Topliss-reactive ketones (excluding diaryl/α,β-unsaturated/α-hetero) is 1. The minimum atomic E-state index is -0.383. The molecule has 110 valence electrons. The predicted molar refractivity (Wildman–Crippen MR) is 78.3 cm³/mol. The van der Waals surface area contributed by atoms with Crippen molar-refractivity contribution in [2.45, 2.75) is 69.3 Å². The summed E-state index contributed by atoms with van der Waals surface area (Å²) < 4.78 is 11.4. The van der Waals surface area contributed by atoms with Crippen molar-refractivity contribution in [3.63, 3.8) is 0 Å². The molecule has 1 aliphatic carbocycles. The van der Waals surface area contributed by atoms with Gasteiger partial charge in [-0.05, 0) is 31.6 Å². The smallest absolute Gasteiger partial charge is 0.200 e. The van der Waals surface area contributed by atoms with Gasteiger partial charge in [0.1, 0.15) is 6.10 Å².